The standard InChI is InChI=1S/C54H66O2S2/c1-5-7-9-11-13-15-17-19-21-23-25-42-49-40-30-27-37(3)35-44(40)53(55)51(49)43(26-24-22-20-18-16-14-12-10-8-6-2)50-41-31-29-39(36-45(41)54(56)52(42)50)46-33-34-48(58-46)47-32-28-38(4)57-47/h27-36H,5-26H2,1-4H3. The summed E-state index contributed by atoms with van der Waals surface area (Å²) in [5.41, 5.74) is 4.78. The molecular formula is C54H66O2S2. The summed E-state index contributed by atoms with van der Waals surface area (Å²) in [6.07, 6.45) is 27.1. The molecule has 2 nitrogen and oxygen atoms in total. The van der Waals surface area contributed by atoms with Crippen LogP contribution in [0.4, 0.5) is 0 Å². The van der Waals surface area contributed by atoms with Gasteiger partial charge < -0.3 is 0 Å². The lowest BCUT2D eigenvalue weighted by atomic mass is 9.89. The smallest absolute Gasteiger partial charge is 0.194 e. The molecule has 306 valence electrons. The quantitative estimate of drug-likeness (QED) is 0.0570. The predicted molar refractivity (Wildman–Crippen MR) is 259 cm³/mol. The number of unbranched alkanes of at least 4 members (excludes halogenated alkanes) is 18. The molecule has 7 aromatic rings. The van der Waals surface area contributed by atoms with E-state index in [0.717, 1.165) is 104 Å². The summed E-state index contributed by atoms with van der Waals surface area (Å²) in [6, 6.07) is 21.8. The minimum atomic E-state index is 0.153. The van der Waals surface area contributed by atoms with E-state index in [1.807, 2.05) is 11.3 Å². The summed E-state index contributed by atoms with van der Waals surface area (Å²) in [5, 5.41) is 7.65. The molecule has 0 unspecified atom stereocenters. The Morgan fingerprint density at radius 3 is 1.33 bits per heavy atom. The Hall–Kier alpha value is -3.60. The minimum Gasteiger partial charge on any atom is -0.289 e. The number of rotatable bonds is 24. The predicted octanol–water partition coefficient (Wildman–Crippen LogP) is 16.9. The number of benzene rings is 3. The molecule has 0 aliphatic carbocycles. The van der Waals surface area contributed by atoms with Crippen LogP contribution in [0.3, 0.4) is 0 Å². The molecule has 0 saturated carbocycles. The molecule has 2 aromatic heterocycles. The zero-order valence-electron chi connectivity index (χ0n) is 36.0. The number of fused-ring (bicyclic) bond motifs is 6. The lowest BCUT2D eigenvalue weighted by molar-refractivity contribution is 0.556. The highest BCUT2D eigenvalue weighted by Crippen LogP contribution is 2.43. The van der Waals surface area contributed by atoms with Crippen molar-refractivity contribution in [3.63, 3.8) is 0 Å². The fraction of sp³-hybridized carbons (Fsp3) is 0.481. The van der Waals surface area contributed by atoms with Crippen molar-refractivity contribution in [1.29, 1.82) is 0 Å². The van der Waals surface area contributed by atoms with Crippen molar-refractivity contribution in [2.75, 3.05) is 0 Å². The second-order valence-corrected chi connectivity index (χ2v) is 19.7. The van der Waals surface area contributed by atoms with Crippen molar-refractivity contribution in [3.8, 4) is 20.2 Å². The van der Waals surface area contributed by atoms with Crippen molar-refractivity contribution < 1.29 is 0 Å². The highest BCUT2D eigenvalue weighted by molar-refractivity contribution is 7.23. The summed E-state index contributed by atoms with van der Waals surface area (Å²) < 4.78 is 0. The highest BCUT2D eigenvalue weighted by Gasteiger charge is 2.26. The van der Waals surface area contributed by atoms with Crippen molar-refractivity contribution in [3.05, 3.63) is 103 Å². The van der Waals surface area contributed by atoms with Crippen LogP contribution in [-0.4, -0.2) is 0 Å². The van der Waals surface area contributed by atoms with E-state index in [0.29, 0.717) is 0 Å². The third-order valence-electron chi connectivity index (χ3n) is 12.8. The van der Waals surface area contributed by atoms with Crippen LogP contribution in [0, 0.1) is 13.8 Å². The van der Waals surface area contributed by atoms with E-state index >= 15 is 4.79 Å². The Kier molecular flexibility index (Phi) is 15.1. The summed E-state index contributed by atoms with van der Waals surface area (Å²) in [5.74, 6) is 0. The number of aryl methyl sites for hydroxylation is 4. The lowest BCUT2D eigenvalue weighted by Gasteiger charge is -2.13. The Balaban J connectivity index is 1.26. The van der Waals surface area contributed by atoms with Crippen LogP contribution in [0.25, 0.3) is 63.3 Å². The molecular weight excluding hydrogens is 745 g/mol. The van der Waals surface area contributed by atoms with Crippen molar-refractivity contribution in [2.45, 2.75) is 169 Å². The van der Waals surface area contributed by atoms with Gasteiger partial charge in [0.2, 0.25) is 0 Å². The van der Waals surface area contributed by atoms with E-state index in [2.05, 4.69) is 88.4 Å². The van der Waals surface area contributed by atoms with Gasteiger partial charge in [0, 0.05) is 41.1 Å². The molecule has 0 aliphatic heterocycles. The van der Waals surface area contributed by atoms with Gasteiger partial charge in [-0.1, -0.05) is 159 Å². The Morgan fingerprint density at radius 2 is 0.828 bits per heavy atom. The third-order valence-corrected chi connectivity index (χ3v) is 15.1. The van der Waals surface area contributed by atoms with Crippen LogP contribution in [0.5, 0.6) is 0 Å². The summed E-state index contributed by atoms with van der Waals surface area (Å²) in [6.45, 7) is 8.81. The maximum atomic E-state index is 15.1. The maximum absolute atomic E-state index is 15.1. The number of hydrogen-bond donors (Lipinski definition) is 0. The van der Waals surface area contributed by atoms with Gasteiger partial charge in [-0.15, -0.1) is 22.7 Å². The third kappa shape index (κ3) is 9.55. The lowest BCUT2D eigenvalue weighted by Crippen LogP contribution is -2.05. The van der Waals surface area contributed by atoms with Gasteiger partial charge in [-0.05, 0) is 114 Å². The van der Waals surface area contributed by atoms with Crippen molar-refractivity contribution in [2.24, 2.45) is 0 Å². The largest absolute Gasteiger partial charge is 0.289 e. The Morgan fingerprint density at radius 1 is 0.397 bits per heavy atom. The zero-order valence-corrected chi connectivity index (χ0v) is 37.6. The van der Waals surface area contributed by atoms with Gasteiger partial charge in [-0.3, -0.25) is 9.59 Å². The molecule has 58 heavy (non-hydrogen) atoms. The molecule has 0 amide bonds. The van der Waals surface area contributed by atoms with Crippen LogP contribution in [0.1, 0.15) is 164 Å². The van der Waals surface area contributed by atoms with E-state index < -0.39 is 0 Å². The first kappa shape index (κ1) is 42.5. The normalized spacial score (nSPS) is 12.1. The molecule has 7 rings (SSSR count). The van der Waals surface area contributed by atoms with E-state index in [1.165, 1.54) is 122 Å². The van der Waals surface area contributed by atoms with Gasteiger partial charge in [0.25, 0.3) is 0 Å². The summed E-state index contributed by atoms with van der Waals surface area (Å²) in [7, 11) is 0. The topological polar surface area (TPSA) is 34.1 Å². The molecule has 5 aromatic carbocycles. The van der Waals surface area contributed by atoms with Gasteiger partial charge in [-0.25, -0.2) is 0 Å². The van der Waals surface area contributed by atoms with E-state index in [1.54, 1.807) is 11.3 Å². The highest BCUT2D eigenvalue weighted by atomic mass is 32.1. The molecule has 0 fully saturated rings. The number of thiophene rings is 2. The van der Waals surface area contributed by atoms with Gasteiger partial charge in [0.05, 0.1) is 0 Å². The molecule has 0 atom stereocenters. The van der Waals surface area contributed by atoms with Gasteiger partial charge in [0.15, 0.2) is 10.9 Å². The molecule has 0 N–H and O–H groups in total. The zero-order chi connectivity index (χ0) is 40.4. The average molecular weight is 811 g/mol. The summed E-state index contributed by atoms with van der Waals surface area (Å²) in [4.78, 5) is 34.8. The van der Waals surface area contributed by atoms with Gasteiger partial charge in [-0.2, -0.15) is 0 Å². The molecule has 2 heterocycles. The Labute approximate surface area is 355 Å². The monoisotopic (exact) mass is 810 g/mol. The molecule has 0 saturated heterocycles. The van der Waals surface area contributed by atoms with Crippen LogP contribution >= 0.6 is 22.7 Å². The first-order valence-corrected chi connectivity index (χ1v) is 24.8. The molecule has 0 bridgehead atoms. The Bertz CT molecular complexity index is 2500. The van der Waals surface area contributed by atoms with Crippen LogP contribution in [0.2, 0.25) is 0 Å². The maximum Gasteiger partial charge on any atom is 0.194 e. The molecule has 0 aliphatic rings. The second kappa shape index (κ2) is 20.6. The molecule has 4 heteroatoms. The second-order valence-electron chi connectivity index (χ2n) is 17.4. The first-order chi connectivity index (χ1) is 28.4. The van der Waals surface area contributed by atoms with Crippen LogP contribution < -0.4 is 10.9 Å². The van der Waals surface area contributed by atoms with E-state index in [4.69, 9.17) is 0 Å². The van der Waals surface area contributed by atoms with Crippen molar-refractivity contribution >= 4 is 65.8 Å². The fourth-order valence-corrected chi connectivity index (χ4v) is 11.6. The first-order valence-electron chi connectivity index (χ1n) is 23.1. The average Bonchev–Trinajstić information content (AvgIpc) is 4.02. The molecule has 0 radical (unpaired) electrons. The SMILES string of the molecule is CCCCCCCCCCCCc1c2c(=O)c3cc(-c4ccc(-c5ccc(C)s5)s4)ccc3c2c(CCCCCCCCCCCC)c2c(=O)c3cc(C)ccc3c12. The van der Waals surface area contributed by atoms with Gasteiger partial charge in [0.1, 0.15) is 0 Å². The molecule has 0 spiro atoms. The van der Waals surface area contributed by atoms with Crippen LogP contribution in [-0.2, 0) is 12.8 Å². The van der Waals surface area contributed by atoms with Crippen molar-refractivity contribution in [1.82, 2.24) is 0 Å². The van der Waals surface area contributed by atoms with E-state index in [9.17, 15) is 4.79 Å². The minimum absolute atomic E-state index is 0.153. The van der Waals surface area contributed by atoms with Crippen LogP contribution in [0.15, 0.2) is 70.3 Å². The van der Waals surface area contributed by atoms with Gasteiger partial charge >= 0.3 is 0 Å². The number of hydrogen-bond acceptors (Lipinski definition) is 4. The fourth-order valence-electron chi connectivity index (χ4n) is 9.66. The summed E-state index contributed by atoms with van der Waals surface area (Å²) >= 11 is 3.63. The van der Waals surface area contributed by atoms with E-state index in [-0.39, 0.29) is 10.9 Å².